The molecule has 6 nitrogen and oxygen atoms in total. The van der Waals surface area contributed by atoms with Gasteiger partial charge in [0.05, 0.1) is 6.54 Å². The number of ether oxygens (including phenoxy) is 1. The fraction of sp³-hybridized carbons (Fsp3) is 0.636. The zero-order chi connectivity index (χ0) is 20.6. The molecule has 1 aromatic rings. The molecule has 0 bridgehead atoms. The lowest BCUT2D eigenvalue weighted by molar-refractivity contribution is -0.134. The molecule has 1 amide bonds. The normalized spacial score (nSPS) is 20.6. The highest BCUT2D eigenvalue weighted by atomic mass is 127. The van der Waals surface area contributed by atoms with E-state index >= 15 is 0 Å². The number of likely N-dealkylation sites (tertiary alicyclic amines) is 1. The summed E-state index contributed by atoms with van der Waals surface area (Å²) in [7, 11) is 1.73. The molecule has 2 atom stereocenters. The Morgan fingerprint density at radius 1 is 1.30 bits per heavy atom. The number of hydrogen-bond donors (Lipinski definition) is 2. The van der Waals surface area contributed by atoms with E-state index in [0.717, 1.165) is 38.8 Å². The Balaban J connectivity index is 0.00000320. The number of rotatable bonds is 7. The van der Waals surface area contributed by atoms with Gasteiger partial charge in [0.1, 0.15) is 6.10 Å². The molecule has 3 rings (SSSR count). The van der Waals surface area contributed by atoms with Gasteiger partial charge in [-0.05, 0) is 37.8 Å². The largest absolute Gasteiger partial charge is 0.486 e. The first kappa shape index (κ1) is 24.7. The summed E-state index contributed by atoms with van der Waals surface area (Å²) in [5, 5.41) is 6.69. The van der Waals surface area contributed by atoms with Crippen molar-refractivity contribution < 1.29 is 13.9 Å². The average Bonchev–Trinajstić information content (AvgIpc) is 3.43. The van der Waals surface area contributed by atoms with Crippen molar-refractivity contribution in [2.24, 2.45) is 10.9 Å². The molecule has 30 heavy (non-hydrogen) atoms. The van der Waals surface area contributed by atoms with E-state index in [1.807, 2.05) is 11.8 Å². The summed E-state index contributed by atoms with van der Waals surface area (Å²) in [6.07, 6.45) is 5.92. The molecule has 1 heterocycles. The number of guanidine groups is 1. The second kappa shape index (κ2) is 12.3. The van der Waals surface area contributed by atoms with Crippen LogP contribution in [0.3, 0.4) is 0 Å². The van der Waals surface area contributed by atoms with Crippen molar-refractivity contribution in [2.75, 3.05) is 26.7 Å². The van der Waals surface area contributed by atoms with Gasteiger partial charge in [0.2, 0.25) is 5.91 Å². The number of aliphatic imine (C=N–C) groups is 1. The molecule has 1 aliphatic heterocycles. The summed E-state index contributed by atoms with van der Waals surface area (Å²) in [4.78, 5) is 18.9. The zero-order valence-corrected chi connectivity index (χ0v) is 20.2. The molecule has 1 aliphatic carbocycles. The Kier molecular flexibility index (Phi) is 10.1. The minimum Gasteiger partial charge on any atom is -0.486 e. The second-order valence-electron chi connectivity index (χ2n) is 7.93. The number of carbonyl (C=O) groups is 1. The third-order valence-corrected chi connectivity index (χ3v) is 5.85. The van der Waals surface area contributed by atoms with Gasteiger partial charge >= 0.3 is 0 Å². The number of halogens is 2. The van der Waals surface area contributed by atoms with Gasteiger partial charge in [0.25, 0.3) is 0 Å². The first-order valence-electron chi connectivity index (χ1n) is 10.8. The van der Waals surface area contributed by atoms with Crippen molar-refractivity contribution in [3.05, 3.63) is 30.1 Å². The number of para-hydroxylation sites is 1. The Morgan fingerprint density at radius 2 is 2.03 bits per heavy atom. The van der Waals surface area contributed by atoms with E-state index in [2.05, 4.69) is 15.6 Å². The van der Waals surface area contributed by atoms with Crippen LogP contribution in [0.15, 0.2) is 29.3 Å². The first-order valence-corrected chi connectivity index (χ1v) is 10.8. The number of hydrogen-bond acceptors (Lipinski definition) is 3. The van der Waals surface area contributed by atoms with E-state index in [1.165, 1.54) is 18.9 Å². The van der Waals surface area contributed by atoms with Crippen LogP contribution in [0, 0.1) is 11.7 Å². The van der Waals surface area contributed by atoms with Gasteiger partial charge in [-0.2, -0.15) is 0 Å². The molecule has 2 unspecified atom stereocenters. The standard InChI is InChI=1S/C22H33FN4O2.HI/c1-3-18(29-20-11-7-6-10-19(20)23)14-25-22(24-2)26-17-12-13-27(15-17)21(28)16-8-4-5-9-16;/h6-7,10-11,16-18H,3-5,8-9,12-15H2,1-2H3,(H2,24,25,26);1H. The molecule has 2 N–H and O–H groups in total. The zero-order valence-electron chi connectivity index (χ0n) is 17.9. The third kappa shape index (κ3) is 6.72. The lowest BCUT2D eigenvalue weighted by Gasteiger charge is -2.23. The molecule has 2 fully saturated rings. The van der Waals surface area contributed by atoms with Crippen molar-refractivity contribution in [1.82, 2.24) is 15.5 Å². The fourth-order valence-electron chi connectivity index (χ4n) is 4.10. The smallest absolute Gasteiger partial charge is 0.225 e. The molecule has 1 aromatic carbocycles. The van der Waals surface area contributed by atoms with Crippen molar-refractivity contribution in [3.8, 4) is 5.75 Å². The van der Waals surface area contributed by atoms with Crippen LogP contribution < -0.4 is 15.4 Å². The van der Waals surface area contributed by atoms with E-state index in [-0.39, 0.29) is 53.6 Å². The fourth-order valence-corrected chi connectivity index (χ4v) is 4.10. The van der Waals surface area contributed by atoms with Crippen LogP contribution in [-0.2, 0) is 4.79 Å². The Morgan fingerprint density at radius 3 is 2.70 bits per heavy atom. The van der Waals surface area contributed by atoms with Crippen LogP contribution in [0.4, 0.5) is 4.39 Å². The molecule has 0 radical (unpaired) electrons. The van der Waals surface area contributed by atoms with Crippen LogP contribution in [0.5, 0.6) is 5.75 Å². The second-order valence-corrected chi connectivity index (χ2v) is 7.93. The number of nitrogens with zero attached hydrogens (tertiary/aromatic N) is 2. The molecule has 0 aromatic heterocycles. The molecule has 168 valence electrons. The molecule has 8 heteroatoms. The predicted octanol–water partition coefficient (Wildman–Crippen LogP) is 3.56. The van der Waals surface area contributed by atoms with Crippen LogP contribution in [0.25, 0.3) is 0 Å². The maximum Gasteiger partial charge on any atom is 0.225 e. The monoisotopic (exact) mass is 532 g/mol. The lowest BCUT2D eigenvalue weighted by Crippen LogP contribution is -2.47. The summed E-state index contributed by atoms with van der Waals surface area (Å²) in [5.41, 5.74) is 0. The molecule has 1 saturated heterocycles. The SMILES string of the molecule is CCC(CNC(=NC)NC1CCN(C(=O)C2CCCC2)C1)Oc1ccccc1F.I. The Hall–Kier alpha value is -1.58. The van der Waals surface area contributed by atoms with E-state index in [4.69, 9.17) is 4.74 Å². The summed E-state index contributed by atoms with van der Waals surface area (Å²) >= 11 is 0. The minimum absolute atomic E-state index is 0. The van der Waals surface area contributed by atoms with Gasteiger partial charge in [-0.25, -0.2) is 4.39 Å². The van der Waals surface area contributed by atoms with Crippen molar-refractivity contribution in [1.29, 1.82) is 0 Å². The van der Waals surface area contributed by atoms with Crippen molar-refractivity contribution in [2.45, 2.75) is 57.6 Å². The predicted molar refractivity (Wildman–Crippen MR) is 128 cm³/mol. The average molecular weight is 532 g/mol. The summed E-state index contributed by atoms with van der Waals surface area (Å²) < 4.78 is 19.6. The lowest BCUT2D eigenvalue weighted by atomic mass is 10.1. The highest BCUT2D eigenvalue weighted by Gasteiger charge is 2.32. The molecule has 0 spiro atoms. The van der Waals surface area contributed by atoms with Gasteiger partial charge < -0.3 is 20.3 Å². The van der Waals surface area contributed by atoms with Crippen LogP contribution in [0.1, 0.15) is 45.4 Å². The highest BCUT2D eigenvalue weighted by molar-refractivity contribution is 14.0. The summed E-state index contributed by atoms with van der Waals surface area (Å²) in [5.74, 6) is 1.14. The maximum absolute atomic E-state index is 13.8. The Labute approximate surface area is 196 Å². The van der Waals surface area contributed by atoms with Crippen molar-refractivity contribution in [3.63, 3.8) is 0 Å². The quantitative estimate of drug-likeness (QED) is 0.320. The number of nitrogens with one attached hydrogen (secondary N) is 2. The van der Waals surface area contributed by atoms with Crippen LogP contribution in [-0.4, -0.2) is 55.6 Å². The van der Waals surface area contributed by atoms with E-state index < -0.39 is 0 Å². The highest BCUT2D eigenvalue weighted by Crippen LogP contribution is 2.27. The maximum atomic E-state index is 13.8. The summed E-state index contributed by atoms with van der Waals surface area (Å²) in [6, 6.07) is 6.64. The molecule has 1 saturated carbocycles. The number of amides is 1. The molecular formula is C22H34FIN4O2. The van der Waals surface area contributed by atoms with Crippen LogP contribution in [0.2, 0.25) is 0 Å². The minimum atomic E-state index is -0.355. The number of benzene rings is 1. The number of carbonyl (C=O) groups excluding carboxylic acids is 1. The third-order valence-electron chi connectivity index (χ3n) is 5.85. The topological polar surface area (TPSA) is 66.0 Å². The van der Waals surface area contributed by atoms with Crippen molar-refractivity contribution >= 4 is 35.8 Å². The Bertz CT molecular complexity index is 712. The van der Waals surface area contributed by atoms with Gasteiger partial charge in [-0.1, -0.05) is 31.9 Å². The van der Waals surface area contributed by atoms with Crippen LogP contribution >= 0.6 is 24.0 Å². The summed E-state index contributed by atoms with van der Waals surface area (Å²) in [6.45, 7) is 4.05. The van der Waals surface area contributed by atoms with E-state index in [0.29, 0.717) is 18.4 Å². The molecular weight excluding hydrogens is 498 g/mol. The first-order chi connectivity index (χ1) is 14.1. The van der Waals surface area contributed by atoms with Gasteiger partial charge in [-0.3, -0.25) is 9.79 Å². The van der Waals surface area contributed by atoms with Gasteiger partial charge in [-0.15, -0.1) is 24.0 Å². The molecule has 2 aliphatic rings. The van der Waals surface area contributed by atoms with E-state index in [9.17, 15) is 9.18 Å². The van der Waals surface area contributed by atoms with Gasteiger partial charge in [0.15, 0.2) is 17.5 Å². The van der Waals surface area contributed by atoms with E-state index in [1.54, 1.807) is 25.2 Å². The van der Waals surface area contributed by atoms with Gasteiger partial charge in [0, 0.05) is 32.1 Å².